The summed E-state index contributed by atoms with van der Waals surface area (Å²) in [5.74, 6) is 1.82. The molecule has 11 nitrogen and oxygen atoms in total. The van der Waals surface area contributed by atoms with Crippen LogP contribution in [-0.4, -0.2) is 50.3 Å². The van der Waals surface area contributed by atoms with Crippen LogP contribution in [0.2, 0.25) is 0 Å². The van der Waals surface area contributed by atoms with E-state index in [0.29, 0.717) is 56.1 Å². The lowest BCUT2D eigenvalue weighted by atomic mass is 9.85. The number of amides is 2. The van der Waals surface area contributed by atoms with Crippen molar-refractivity contribution < 1.29 is 14.6 Å². The number of fused-ring (bicyclic) bond motifs is 2. The summed E-state index contributed by atoms with van der Waals surface area (Å²) in [5, 5.41) is 25.3. The van der Waals surface area contributed by atoms with Gasteiger partial charge in [-0.2, -0.15) is 0 Å². The Morgan fingerprint density at radius 1 is 1.04 bits per heavy atom. The van der Waals surface area contributed by atoms with Crippen molar-refractivity contribution in [2.75, 3.05) is 18.0 Å². The number of piperidine rings is 1. The van der Waals surface area contributed by atoms with E-state index in [1.165, 1.54) is 0 Å². The Bertz CT molecular complexity index is 1830. The van der Waals surface area contributed by atoms with Gasteiger partial charge in [0.1, 0.15) is 17.7 Å². The van der Waals surface area contributed by atoms with E-state index in [0.717, 1.165) is 34.0 Å². The molecule has 2 amide bonds. The molecule has 5 N–H and O–H groups in total. The van der Waals surface area contributed by atoms with Gasteiger partial charge < -0.3 is 25.8 Å². The van der Waals surface area contributed by atoms with E-state index >= 15 is 0 Å². The highest BCUT2D eigenvalue weighted by Gasteiger charge is 2.31. The number of hydrogen-bond acceptors (Lipinski definition) is 8. The van der Waals surface area contributed by atoms with Gasteiger partial charge in [0.2, 0.25) is 5.95 Å². The van der Waals surface area contributed by atoms with Gasteiger partial charge in [-0.25, -0.2) is 9.79 Å². The minimum absolute atomic E-state index is 0.196. The lowest BCUT2D eigenvalue weighted by molar-refractivity contribution is 0.0348. The van der Waals surface area contributed by atoms with Crippen molar-refractivity contribution in [3.63, 3.8) is 0 Å². The summed E-state index contributed by atoms with van der Waals surface area (Å²) >= 11 is 0. The third-order valence-corrected chi connectivity index (χ3v) is 9.18. The van der Waals surface area contributed by atoms with Crippen LogP contribution in [-0.2, 0) is 0 Å². The van der Waals surface area contributed by atoms with Crippen LogP contribution < -0.4 is 26.0 Å². The standard InChI is InChI=1S/C37H46N8O3/c1-24-10-12-25(13-11-24)39-32(22-31(38)36(2,3)4)41-34(46)40-29-15-16-30(28-9-7-6-8-27(28)29)48-26-14-17-33-42-43-35(45(33)23-26)44-20-18-37(5,47)19-21-44/h6-14,17,22-23,29-30,47H,15-16,18-21,38H2,1-5H3,(H2,39,40,41,46)/t29?,30-/m1/s1. The predicted molar refractivity (Wildman–Crippen MR) is 189 cm³/mol. The number of nitrogens with zero attached hydrogens (tertiary/aromatic N) is 5. The van der Waals surface area contributed by atoms with Gasteiger partial charge in [-0.15, -0.1) is 10.2 Å². The molecule has 4 aromatic rings. The molecule has 48 heavy (non-hydrogen) atoms. The second-order valence-corrected chi connectivity index (χ2v) is 14.2. The van der Waals surface area contributed by atoms with Crippen molar-refractivity contribution in [1.29, 1.82) is 0 Å². The summed E-state index contributed by atoms with van der Waals surface area (Å²) < 4.78 is 8.55. The highest BCUT2D eigenvalue weighted by Crippen LogP contribution is 2.39. The minimum Gasteiger partial charge on any atom is -0.484 e. The van der Waals surface area contributed by atoms with E-state index in [1.807, 2.05) is 99.8 Å². The van der Waals surface area contributed by atoms with Crippen LogP contribution in [0.1, 0.15) is 82.2 Å². The number of carbonyl (C=O) groups excluding carboxylic acids is 1. The van der Waals surface area contributed by atoms with Gasteiger partial charge in [-0.3, -0.25) is 9.72 Å². The summed E-state index contributed by atoms with van der Waals surface area (Å²) in [6, 6.07) is 19.1. The average molecular weight is 651 g/mol. The van der Waals surface area contributed by atoms with Crippen LogP contribution in [0.25, 0.3) is 5.65 Å². The van der Waals surface area contributed by atoms with E-state index in [2.05, 4.69) is 31.8 Å². The molecule has 11 heteroatoms. The number of nitrogens with two attached hydrogens (primary N) is 1. The van der Waals surface area contributed by atoms with Crippen LogP contribution in [0.4, 0.5) is 16.4 Å². The number of ether oxygens (including phenoxy) is 1. The number of allylic oxidation sites excluding steroid dienone is 1. The minimum atomic E-state index is -0.651. The van der Waals surface area contributed by atoms with Crippen molar-refractivity contribution in [1.82, 2.24) is 25.2 Å². The van der Waals surface area contributed by atoms with Crippen molar-refractivity contribution in [3.8, 4) is 5.75 Å². The molecule has 2 aromatic carbocycles. The molecule has 1 unspecified atom stereocenters. The van der Waals surface area contributed by atoms with Crippen LogP contribution in [0, 0.1) is 12.3 Å². The fourth-order valence-electron chi connectivity index (χ4n) is 6.05. The van der Waals surface area contributed by atoms with E-state index in [4.69, 9.17) is 15.5 Å². The number of urea groups is 1. The Labute approximate surface area is 281 Å². The maximum atomic E-state index is 13.4. The van der Waals surface area contributed by atoms with Crippen molar-refractivity contribution in [3.05, 3.63) is 95.3 Å². The number of aliphatic imine (C=N–C) groups is 1. The van der Waals surface area contributed by atoms with Crippen LogP contribution in [0.3, 0.4) is 0 Å². The molecule has 0 bridgehead atoms. The van der Waals surface area contributed by atoms with Crippen LogP contribution in [0.5, 0.6) is 5.75 Å². The summed E-state index contributed by atoms with van der Waals surface area (Å²) in [5.41, 5.74) is 10.7. The predicted octanol–water partition coefficient (Wildman–Crippen LogP) is 6.26. The third kappa shape index (κ3) is 7.62. The molecule has 1 aliphatic carbocycles. The number of amidine groups is 1. The molecule has 2 atom stereocenters. The smallest absolute Gasteiger partial charge is 0.320 e. The number of benzene rings is 2. The van der Waals surface area contributed by atoms with Gasteiger partial charge in [0.15, 0.2) is 5.65 Å². The molecule has 6 rings (SSSR count). The number of rotatable bonds is 6. The first kappa shape index (κ1) is 33.0. The van der Waals surface area contributed by atoms with Crippen LogP contribution in [0.15, 0.2) is 83.6 Å². The Morgan fingerprint density at radius 3 is 2.46 bits per heavy atom. The molecular formula is C37H46N8O3. The first-order valence-electron chi connectivity index (χ1n) is 16.6. The molecule has 0 saturated carbocycles. The van der Waals surface area contributed by atoms with E-state index in [-0.39, 0.29) is 23.6 Å². The molecule has 2 aliphatic rings. The van der Waals surface area contributed by atoms with Crippen molar-refractivity contribution in [2.24, 2.45) is 16.1 Å². The SMILES string of the molecule is Cc1ccc(N=C(C=C(N)C(C)(C)C)NC(=O)NC2CC[C@@H](Oc3ccc4nnc(N5CCC(C)(O)CC5)n4c3)c3ccccc32)cc1. The molecule has 1 fully saturated rings. The lowest BCUT2D eigenvalue weighted by Gasteiger charge is -2.35. The number of pyridine rings is 1. The van der Waals surface area contributed by atoms with Gasteiger partial charge in [-0.05, 0) is 74.9 Å². The quantitative estimate of drug-likeness (QED) is 0.143. The molecule has 252 valence electrons. The number of aromatic nitrogens is 3. The van der Waals surface area contributed by atoms with E-state index < -0.39 is 5.60 Å². The number of hydrogen-bond donors (Lipinski definition) is 4. The molecule has 0 spiro atoms. The summed E-state index contributed by atoms with van der Waals surface area (Å²) in [4.78, 5) is 20.3. The van der Waals surface area contributed by atoms with Gasteiger partial charge in [0.25, 0.3) is 0 Å². The highest BCUT2D eigenvalue weighted by molar-refractivity contribution is 6.05. The molecular weight excluding hydrogens is 604 g/mol. The second kappa shape index (κ2) is 13.3. The lowest BCUT2D eigenvalue weighted by Crippen LogP contribution is -2.43. The fourth-order valence-corrected chi connectivity index (χ4v) is 6.05. The topological polar surface area (TPSA) is 142 Å². The fraction of sp³-hybridized carbons (Fsp3) is 0.405. The largest absolute Gasteiger partial charge is 0.484 e. The van der Waals surface area contributed by atoms with Gasteiger partial charge in [0, 0.05) is 30.3 Å². The average Bonchev–Trinajstić information content (AvgIpc) is 3.46. The number of nitrogens with one attached hydrogen (secondary N) is 2. The zero-order chi connectivity index (χ0) is 34.1. The highest BCUT2D eigenvalue weighted by atomic mass is 16.5. The van der Waals surface area contributed by atoms with E-state index in [9.17, 15) is 9.90 Å². The summed E-state index contributed by atoms with van der Waals surface area (Å²) in [6.07, 6.45) is 6.21. The zero-order valence-corrected chi connectivity index (χ0v) is 28.4. The molecule has 2 aromatic heterocycles. The Hall–Kier alpha value is -4.90. The number of aryl methyl sites for hydroxylation is 1. The molecule has 0 radical (unpaired) electrons. The number of anilines is 1. The Balaban J connectivity index is 1.18. The summed E-state index contributed by atoms with van der Waals surface area (Å²) in [7, 11) is 0. The first-order chi connectivity index (χ1) is 22.8. The first-order valence-corrected chi connectivity index (χ1v) is 16.6. The number of carbonyl (C=O) groups is 1. The van der Waals surface area contributed by atoms with E-state index in [1.54, 1.807) is 6.08 Å². The van der Waals surface area contributed by atoms with Gasteiger partial charge >= 0.3 is 6.03 Å². The zero-order valence-electron chi connectivity index (χ0n) is 28.4. The molecule has 3 heterocycles. The monoisotopic (exact) mass is 650 g/mol. The van der Waals surface area contributed by atoms with Gasteiger partial charge in [-0.1, -0.05) is 62.7 Å². The maximum Gasteiger partial charge on any atom is 0.320 e. The number of aliphatic hydroxyl groups is 1. The Kier molecular flexibility index (Phi) is 9.15. The molecule has 1 aliphatic heterocycles. The normalized spacial score (nSPS) is 19.9. The van der Waals surface area contributed by atoms with Gasteiger partial charge in [0.05, 0.1) is 23.5 Å². The molecule has 1 saturated heterocycles. The van der Waals surface area contributed by atoms with Crippen molar-refractivity contribution >= 4 is 29.1 Å². The third-order valence-electron chi connectivity index (χ3n) is 9.18. The maximum absolute atomic E-state index is 13.4. The second-order valence-electron chi connectivity index (χ2n) is 14.2. The Morgan fingerprint density at radius 2 is 1.75 bits per heavy atom. The van der Waals surface area contributed by atoms with Crippen LogP contribution >= 0.6 is 0 Å². The summed E-state index contributed by atoms with van der Waals surface area (Å²) in [6.45, 7) is 11.4. The van der Waals surface area contributed by atoms with Crippen molar-refractivity contribution in [2.45, 2.75) is 78.0 Å².